The molecule has 0 spiro atoms. The molecule has 0 radical (unpaired) electrons. The molecule has 1 aromatic rings. The molecular weight excluding hydrogens is 286 g/mol. The first-order chi connectivity index (χ1) is 10.1. The molecule has 1 saturated carbocycles. The number of nitrogens with zero attached hydrogens (tertiary/aromatic N) is 1. The maximum Gasteiger partial charge on any atom is 0.220 e. The zero-order valence-corrected chi connectivity index (χ0v) is 12.9. The summed E-state index contributed by atoms with van der Waals surface area (Å²) in [6.07, 6.45) is 4.23. The van der Waals surface area contributed by atoms with Crippen molar-refractivity contribution < 1.29 is 4.79 Å². The molecule has 0 aromatic heterocycles. The Bertz CT molecular complexity index is 522. The molecule has 0 atom stereocenters. The number of benzene rings is 1. The first-order valence-corrected chi connectivity index (χ1v) is 8.07. The van der Waals surface area contributed by atoms with Crippen LogP contribution in [-0.4, -0.2) is 25.0 Å². The zero-order valence-electron chi connectivity index (χ0n) is 12.1. The van der Waals surface area contributed by atoms with Crippen LogP contribution >= 0.6 is 11.6 Å². The Kier molecular flexibility index (Phi) is 4.36. The number of primary amides is 1. The second kappa shape index (κ2) is 6.24. The van der Waals surface area contributed by atoms with E-state index < -0.39 is 0 Å². The van der Waals surface area contributed by atoms with Gasteiger partial charge in [0.15, 0.2) is 0 Å². The SMILES string of the molecule is NC(=O)C1CCN(c2ccc(CNC3CC3)c(Cl)c2)CC1. The summed E-state index contributed by atoms with van der Waals surface area (Å²) < 4.78 is 0. The molecular formula is C16H22ClN3O. The van der Waals surface area contributed by atoms with Gasteiger partial charge in [0.1, 0.15) is 0 Å². The molecule has 1 aliphatic carbocycles. The van der Waals surface area contributed by atoms with E-state index in [1.54, 1.807) is 0 Å². The average molecular weight is 308 g/mol. The number of carbonyl (C=O) groups is 1. The van der Waals surface area contributed by atoms with Gasteiger partial charge in [0.25, 0.3) is 0 Å². The number of amides is 1. The van der Waals surface area contributed by atoms with Crippen LogP contribution in [0.5, 0.6) is 0 Å². The third-order valence-corrected chi connectivity index (χ3v) is 4.81. The number of rotatable bonds is 5. The molecule has 5 heteroatoms. The zero-order chi connectivity index (χ0) is 14.8. The fourth-order valence-electron chi connectivity index (χ4n) is 2.84. The van der Waals surface area contributed by atoms with E-state index in [0.29, 0.717) is 6.04 Å². The number of anilines is 1. The quantitative estimate of drug-likeness (QED) is 0.877. The van der Waals surface area contributed by atoms with Crippen LogP contribution in [0.1, 0.15) is 31.2 Å². The molecule has 1 amide bonds. The van der Waals surface area contributed by atoms with Crippen LogP contribution in [-0.2, 0) is 11.3 Å². The minimum absolute atomic E-state index is 0.0266. The molecule has 1 aromatic carbocycles. The molecule has 1 heterocycles. The van der Waals surface area contributed by atoms with Gasteiger partial charge in [0.2, 0.25) is 5.91 Å². The summed E-state index contributed by atoms with van der Waals surface area (Å²) in [5.41, 5.74) is 7.66. The molecule has 114 valence electrons. The van der Waals surface area contributed by atoms with Crippen molar-refractivity contribution >= 4 is 23.2 Å². The Labute approximate surface area is 130 Å². The van der Waals surface area contributed by atoms with E-state index in [1.807, 2.05) is 6.07 Å². The lowest BCUT2D eigenvalue weighted by Gasteiger charge is -2.32. The van der Waals surface area contributed by atoms with Crippen LogP contribution in [0.3, 0.4) is 0 Å². The van der Waals surface area contributed by atoms with E-state index >= 15 is 0 Å². The molecule has 3 N–H and O–H groups in total. The lowest BCUT2D eigenvalue weighted by atomic mass is 9.96. The lowest BCUT2D eigenvalue weighted by Crippen LogP contribution is -2.38. The van der Waals surface area contributed by atoms with Gasteiger partial charge >= 0.3 is 0 Å². The molecule has 0 bridgehead atoms. The summed E-state index contributed by atoms with van der Waals surface area (Å²) in [6.45, 7) is 2.57. The number of nitrogens with one attached hydrogen (secondary N) is 1. The van der Waals surface area contributed by atoms with Crippen molar-refractivity contribution in [3.05, 3.63) is 28.8 Å². The van der Waals surface area contributed by atoms with Crippen LogP contribution in [0.25, 0.3) is 0 Å². The summed E-state index contributed by atoms with van der Waals surface area (Å²) in [4.78, 5) is 13.5. The van der Waals surface area contributed by atoms with E-state index in [1.165, 1.54) is 12.8 Å². The highest BCUT2D eigenvalue weighted by atomic mass is 35.5. The third kappa shape index (κ3) is 3.69. The van der Waals surface area contributed by atoms with E-state index in [9.17, 15) is 4.79 Å². The number of halogens is 1. The number of piperidine rings is 1. The highest BCUT2D eigenvalue weighted by Crippen LogP contribution is 2.28. The summed E-state index contributed by atoms with van der Waals surface area (Å²) in [7, 11) is 0. The van der Waals surface area contributed by atoms with Gasteiger partial charge in [-0.1, -0.05) is 17.7 Å². The van der Waals surface area contributed by atoms with Crippen molar-refractivity contribution in [2.75, 3.05) is 18.0 Å². The Morgan fingerprint density at radius 1 is 1.29 bits per heavy atom. The second-order valence-corrected chi connectivity index (χ2v) is 6.50. The summed E-state index contributed by atoms with van der Waals surface area (Å²) in [5.74, 6) is -0.145. The van der Waals surface area contributed by atoms with Crippen LogP contribution in [0.2, 0.25) is 5.02 Å². The number of nitrogens with two attached hydrogens (primary N) is 1. The maximum absolute atomic E-state index is 11.2. The number of hydrogen-bond acceptors (Lipinski definition) is 3. The number of hydrogen-bond donors (Lipinski definition) is 2. The van der Waals surface area contributed by atoms with Crippen molar-refractivity contribution in [1.82, 2.24) is 5.32 Å². The predicted octanol–water partition coefficient (Wildman–Crippen LogP) is 2.29. The van der Waals surface area contributed by atoms with E-state index in [4.69, 9.17) is 17.3 Å². The Balaban J connectivity index is 1.60. The first kappa shape index (κ1) is 14.7. The molecule has 2 aliphatic rings. The van der Waals surface area contributed by atoms with E-state index in [2.05, 4.69) is 22.3 Å². The molecule has 3 rings (SSSR count). The summed E-state index contributed by atoms with van der Waals surface area (Å²) >= 11 is 6.39. The van der Waals surface area contributed by atoms with Crippen LogP contribution < -0.4 is 16.0 Å². The van der Waals surface area contributed by atoms with Gasteiger partial charge in [-0.3, -0.25) is 4.79 Å². The number of carbonyl (C=O) groups excluding carboxylic acids is 1. The van der Waals surface area contributed by atoms with Gasteiger partial charge in [-0.15, -0.1) is 0 Å². The Morgan fingerprint density at radius 2 is 2.00 bits per heavy atom. The smallest absolute Gasteiger partial charge is 0.220 e. The van der Waals surface area contributed by atoms with Gasteiger partial charge in [-0.25, -0.2) is 0 Å². The van der Waals surface area contributed by atoms with Crippen molar-refractivity contribution in [2.24, 2.45) is 11.7 Å². The lowest BCUT2D eigenvalue weighted by molar-refractivity contribution is -0.122. The molecule has 21 heavy (non-hydrogen) atoms. The van der Waals surface area contributed by atoms with Crippen molar-refractivity contribution in [3.8, 4) is 0 Å². The second-order valence-electron chi connectivity index (χ2n) is 6.09. The van der Waals surface area contributed by atoms with Gasteiger partial charge in [0.05, 0.1) is 0 Å². The van der Waals surface area contributed by atoms with Gasteiger partial charge in [-0.05, 0) is 43.4 Å². The maximum atomic E-state index is 11.2. The molecule has 1 aliphatic heterocycles. The summed E-state index contributed by atoms with van der Waals surface area (Å²) in [5, 5.41) is 4.30. The van der Waals surface area contributed by atoms with Crippen LogP contribution in [0.4, 0.5) is 5.69 Å². The van der Waals surface area contributed by atoms with Crippen molar-refractivity contribution in [1.29, 1.82) is 0 Å². The highest BCUT2D eigenvalue weighted by molar-refractivity contribution is 6.31. The molecule has 4 nitrogen and oxygen atoms in total. The standard InChI is InChI=1S/C16H22ClN3O/c17-15-9-14(4-1-12(15)10-19-13-2-3-13)20-7-5-11(6-8-20)16(18)21/h1,4,9,11,13,19H,2-3,5-8,10H2,(H2,18,21). The fraction of sp³-hybridized carbons (Fsp3) is 0.562. The molecule has 0 unspecified atom stereocenters. The molecule has 1 saturated heterocycles. The average Bonchev–Trinajstić information content (AvgIpc) is 3.30. The third-order valence-electron chi connectivity index (χ3n) is 4.46. The normalized spacial score (nSPS) is 19.8. The van der Waals surface area contributed by atoms with E-state index in [-0.39, 0.29) is 11.8 Å². The topological polar surface area (TPSA) is 58.4 Å². The predicted molar refractivity (Wildman–Crippen MR) is 85.4 cm³/mol. The largest absolute Gasteiger partial charge is 0.371 e. The minimum atomic E-state index is -0.172. The Hall–Kier alpha value is -1.26. The highest BCUT2D eigenvalue weighted by Gasteiger charge is 2.24. The van der Waals surface area contributed by atoms with Crippen LogP contribution in [0, 0.1) is 5.92 Å². The molecule has 2 fully saturated rings. The van der Waals surface area contributed by atoms with Gasteiger partial charge in [-0.2, -0.15) is 0 Å². The van der Waals surface area contributed by atoms with Gasteiger partial charge in [0, 0.05) is 42.3 Å². The first-order valence-electron chi connectivity index (χ1n) is 7.69. The fourth-order valence-corrected chi connectivity index (χ4v) is 3.08. The summed E-state index contributed by atoms with van der Waals surface area (Å²) in [6, 6.07) is 6.96. The minimum Gasteiger partial charge on any atom is -0.371 e. The van der Waals surface area contributed by atoms with Crippen LogP contribution in [0.15, 0.2) is 18.2 Å². The van der Waals surface area contributed by atoms with E-state index in [0.717, 1.165) is 48.7 Å². The Morgan fingerprint density at radius 3 is 2.57 bits per heavy atom. The van der Waals surface area contributed by atoms with Crippen molar-refractivity contribution in [3.63, 3.8) is 0 Å². The van der Waals surface area contributed by atoms with Gasteiger partial charge < -0.3 is 16.0 Å². The monoisotopic (exact) mass is 307 g/mol. The van der Waals surface area contributed by atoms with Crippen molar-refractivity contribution in [2.45, 2.75) is 38.3 Å².